The first kappa shape index (κ1) is 20.3. The minimum absolute atomic E-state index is 0.219. The van der Waals surface area contributed by atoms with Crippen LogP contribution in [0.5, 0.6) is 23.0 Å². The monoisotopic (exact) mass is 468 g/mol. The summed E-state index contributed by atoms with van der Waals surface area (Å²) in [7, 11) is 0. The lowest BCUT2D eigenvalue weighted by molar-refractivity contribution is 0.173. The van der Waals surface area contributed by atoms with Crippen LogP contribution < -0.4 is 23.8 Å². The standard InChI is InChI=1S/C27H24N4O4/c1-2-4-19(5-3-1)31-10-8-30(9-11-31)15-26-28-21-14-25-24(34-17-35-25)13-20(21)27(29-26)18-6-7-22-23(12-18)33-16-32-22/h1-7,12-14H,8-11,15-17H2. The zero-order valence-corrected chi connectivity index (χ0v) is 19.1. The van der Waals surface area contributed by atoms with Crippen LogP contribution in [0.4, 0.5) is 5.69 Å². The van der Waals surface area contributed by atoms with Gasteiger partial charge >= 0.3 is 0 Å². The molecular weight excluding hydrogens is 444 g/mol. The SMILES string of the molecule is c1ccc(N2CCN(Cc3nc(-c4ccc5c(c4)OCO5)c4cc5c(cc4n3)OCO5)CC2)cc1. The van der Waals surface area contributed by atoms with E-state index in [9.17, 15) is 0 Å². The number of hydrogen-bond donors (Lipinski definition) is 0. The van der Waals surface area contributed by atoms with Gasteiger partial charge in [-0.2, -0.15) is 0 Å². The van der Waals surface area contributed by atoms with E-state index >= 15 is 0 Å². The third-order valence-corrected chi connectivity index (χ3v) is 6.74. The number of anilines is 1. The molecule has 3 aliphatic rings. The van der Waals surface area contributed by atoms with Gasteiger partial charge in [-0.15, -0.1) is 0 Å². The predicted molar refractivity (Wildman–Crippen MR) is 131 cm³/mol. The first-order valence-corrected chi connectivity index (χ1v) is 11.8. The van der Waals surface area contributed by atoms with Gasteiger partial charge in [-0.25, -0.2) is 9.97 Å². The fraction of sp³-hybridized carbons (Fsp3) is 0.259. The normalized spacial score (nSPS) is 16.7. The van der Waals surface area contributed by atoms with Gasteiger partial charge in [0.05, 0.1) is 17.8 Å². The Hall–Kier alpha value is -4.04. The van der Waals surface area contributed by atoms with E-state index in [0.29, 0.717) is 12.3 Å². The van der Waals surface area contributed by atoms with E-state index in [4.69, 9.17) is 28.9 Å². The first-order chi connectivity index (χ1) is 17.3. The molecule has 0 atom stereocenters. The summed E-state index contributed by atoms with van der Waals surface area (Å²) in [4.78, 5) is 14.8. The number of rotatable bonds is 4. The van der Waals surface area contributed by atoms with E-state index in [1.807, 2.05) is 30.3 Å². The number of para-hydroxylation sites is 1. The molecule has 3 aliphatic heterocycles. The number of fused-ring (bicyclic) bond motifs is 3. The lowest BCUT2D eigenvalue weighted by atomic mass is 10.0. The molecule has 1 fully saturated rings. The molecule has 0 aliphatic carbocycles. The van der Waals surface area contributed by atoms with Crippen LogP contribution in [0.3, 0.4) is 0 Å². The van der Waals surface area contributed by atoms with Gasteiger partial charge in [0.15, 0.2) is 23.0 Å². The van der Waals surface area contributed by atoms with Gasteiger partial charge in [0.1, 0.15) is 5.82 Å². The molecule has 35 heavy (non-hydrogen) atoms. The van der Waals surface area contributed by atoms with Crippen molar-refractivity contribution in [1.82, 2.24) is 14.9 Å². The van der Waals surface area contributed by atoms with Crippen molar-refractivity contribution in [2.75, 3.05) is 44.7 Å². The summed E-state index contributed by atoms with van der Waals surface area (Å²) in [5.41, 5.74) is 3.92. The van der Waals surface area contributed by atoms with E-state index in [2.05, 4.69) is 40.1 Å². The highest BCUT2D eigenvalue weighted by atomic mass is 16.7. The highest BCUT2D eigenvalue weighted by Gasteiger charge is 2.23. The predicted octanol–water partition coefficient (Wildman–Crippen LogP) is 4.08. The molecule has 4 aromatic rings. The first-order valence-electron chi connectivity index (χ1n) is 11.8. The maximum absolute atomic E-state index is 5.63. The lowest BCUT2D eigenvalue weighted by Gasteiger charge is -2.35. The van der Waals surface area contributed by atoms with Crippen molar-refractivity contribution in [1.29, 1.82) is 0 Å². The quantitative estimate of drug-likeness (QED) is 0.444. The molecule has 0 radical (unpaired) electrons. The van der Waals surface area contributed by atoms with E-state index in [-0.39, 0.29) is 13.6 Å². The van der Waals surface area contributed by atoms with Crippen molar-refractivity contribution in [3.8, 4) is 34.3 Å². The molecule has 8 heteroatoms. The van der Waals surface area contributed by atoms with Gasteiger partial charge < -0.3 is 23.8 Å². The molecule has 0 bridgehead atoms. The Morgan fingerprint density at radius 1 is 0.686 bits per heavy atom. The van der Waals surface area contributed by atoms with Crippen molar-refractivity contribution in [2.45, 2.75) is 6.54 Å². The van der Waals surface area contributed by atoms with Crippen molar-refractivity contribution in [3.63, 3.8) is 0 Å². The lowest BCUT2D eigenvalue weighted by Crippen LogP contribution is -2.46. The van der Waals surface area contributed by atoms with E-state index < -0.39 is 0 Å². The Balaban J connectivity index is 1.21. The Kier molecular flexibility index (Phi) is 4.84. The molecule has 0 N–H and O–H groups in total. The molecule has 0 amide bonds. The molecule has 1 saturated heterocycles. The van der Waals surface area contributed by atoms with E-state index in [0.717, 1.165) is 71.4 Å². The van der Waals surface area contributed by atoms with E-state index in [1.54, 1.807) is 0 Å². The third kappa shape index (κ3) is 3.76. The molecule has 0 spiro atoms. The zero-order chi connectivity index (χ0) is 23.2. The Morgan fingerprint density at radius 2 is 1.40 bits per heavy atom. The second-order valence-electron chi connectivity index (χ2n) is 8.88. The maximum Gasteiger partial charge on any atom is 0.231 e. The number of benzene rings is 3. The van der Waals surface area contributed by atoms with E-state index in [1.165, 1.54) is 5.69 Å². The van der Waals surface area contributed by atoms with Crippen molar-refractivity contribution < 1.29 is 18.9 Å². The minimum atomic E-state index is 0.219. The van der Waals surface area contributed by atoms with Gasteiger partial charge in [0.2, 0.25) is 13.6 Å². The second kappa shape index (κ2) is 8.32. The average Bonchev–Trinajstić information content (AvgIpc) is 3.56. The number of piperazine rings is 1. The molecular formula is C27H24N4O4. The van der Waals surface area contributed by atoms with Gasteiger partial charge in [0.25, 0.3) is 0 Å². The maximum atomic E-state index is 5.63. The summed E-state index contributed by atoms with van der Waals surface area (Å²) < 4.78 is 22.4. The van der Waals surface area contributed by atoms with Crippen LogP contribution in [-0.4, -0.2) is 54.6 Å². The molecule has 0 saturated carbocycles. The van der Waals surface area contributed by atoms with Crippen LogP contribution in [0.15, 0.2) is 60.7 Å². The molecule has 0 unspecified atom stereocenters. The second-order valence-corrected chi connectivity index (χ2v) is 8.88. The van der Waals surface area contributed by atoms with Crippen LogP contribution in [0.25, 0.3) is 22.2 Å². The largest absolute Gasteiger partial charge is 0.454 e. The number of nitrogens with zero attached hydrogens (tertiary/aromatic N) is 4. The minimum Gasteiger partial charge on any atom is -0.454 e. The van der Waals surface area contributed by atoms with Crippen molar-refractivity contribution in [3.05, 3.63) is 66.5 Å². The Labute approximate surface area is 202 Å². The number of aromatic nitrogens is 2. The summed E-state index contributed by atoms with van der Waals surface area (Å²) in [5.74, 6) is 3.70. The van der Waals surface area contributed by atoms with Gasteiger partial charge in [-0.05, 0) is 36.4 Å². The highest BCUT2D eigenvalue weighted by molar-refractivity contribution is 5.95. The van der Waals surface area contributed by atoms with Crippen molar-refractivity contribution in [2.24, 2.45) is 0 Å². The summed E-state index contributed by atoms with van der Waals surface area (Å²) in [5, 5.41) is 0.922. The number of hydrogen-bond acceptors (Lipinski definition) is 8. The Bertz CT molecular complexity index is 1400. The Morgan fingerprint density at radius 3 is 2.20 bits per heavy atom. The van der Waals surface area contributed by atoms with Crippen molar-refractivity contribution >= 4 is 16.6 Å². The molecule has 3 aromatic carbocycles. The fourth-order valence-electron chi connectivity index (χ4n) is 4.90. The smallest absolute Gasteiger partial charge is 0.231 e. The third-order valence-electron chi connectivity index (χ3n) is 6.74. The number of ether oxygens (including phenoxy) is 4. The summed E-state index contributed by atoms with van der Waals surface area (Å²) in [6.45, 7) is 5.01. The van der Waals surface area contributed by atoms with Crippen LogP contribution in [0.1, 0.15) is 5.82 Å². The average molecular weight is 469 g/mol. The molecule has 1 aromatic heterocycles. The molecule has 8 nitrogen and oxygen atoms in total. The van der Waals surface area contributed by atoms with Crippen LogP contribution in [-0.2, 0) is 6.54 Å². The molecule has 7 rings (SSSR count). The van der Waals surface area contributed by atoms with Gasteiger partial charge in [-0.3, -0.25) is 4.90 Å². The van der Waals surface area contributed by atoms with Gasteiger partial charge in [-0.1, -0.05) is 18.2 Å². The molecule has 176 valence electrons. The summed E-state index contributed by atoms with van der Waals surface area (Å²) in [6, 6.07) is 20.4. The van der Waals surface area contributed by atoms with Crippen LogP contribution in [0, 0.1) is 0 Å². The topological polar surface area (TPSA) is 69.2 Å². The fourth-order valence-corrected chi connectivity index (χ4v) is 4.90. The van der Waals surface area contributed by atoms with Crippen LogP contribution in [0.2, 0.25) is 0 Å². The zero-order valence-electron chi connectivity index (χ0n) is 19.1. The highest BCUT2D eigenvalue weighted by Crippen LogP contribution is 2.41. The van der Waals surface area contributed by atoms with Crippen LogP contribution >= 0.6 is 0 Å². The van der Waals surface area contributed by atoms with Gasteiger partial charge in [0, 0.05) is 48.9 Å². The summed E-state index contributed by atoms with van der Waals surface area (Å²) in [6.07, 6.45) is 0. The molecule has 4 heterocycles. The summed E-state index contributed by atoms with van der Waals surface area (Å²) >= 11 is 0.